The summed E-state index contributed by atoms with van der Waals surface area (Å²) in [5.41, 5.74) is 8.00. The average molecular weight is 580 g/mol. The van der Waals surface area contributed by atoms with Crippen LogP contribution in [0.1, 0.15) is 60.0 Å². The lowest BCUT2D eigenvalue weighted by Gasteiger charge is -2.15. The molecule has 1 aliphatic heterocycles. The van der Waals surface area contributed by atoms with Gasteiger partial charge < -0.3 is 25.8 Å². The summed E-state index contributed by atoms with van der Waals surface area (Å²) in [7, 11) is 2.41. The van der Waals surface area contributed by atoms with Crippen molar-refractivity contribution in [2.24, 2.45) is 0 Å². The van der Waals surface area contributed by atoms with Gasteiger partial charge in [-0.3, -0.25) is 9.59 Å². The van der Waals surface area contributed by atoms with E-state index in [2.05, 4.69) is 27.1 Å². The molecule has 2 amide bonds. The normalized spacial score (nSPS) is 13.5. The molecule has 2 aliphatic rings. The third-order valence-electron chi connectivity index (χ3n) is 6.82. The minimum absolute atomic E-state index is 0.0139. The lowest BCUT2D eigenvalue weighted by atomic mass is 10.0. The standard InChI is InChI=1S/C22H20F2N4O2.C8H11NO.CH4O/c1-11-16(19-20(30-2)21(25)27-10-26-19)8-14(23)9-18(11)28-22(29)15-6-5-13(7-17(15)24)12-3-4-12;1-2-5-8(10)9-6-3-4-7-9;1-2/h5-10,12H,3-4H2,1-2H3,(H,28,29)(H2,25,26,27);3-4,6-7H2,1H3;2H,1H3. The van der Waals surface area contributed by atoms with Crippen LogP contribution in [0.25, 0.3) is 11.3 Å². The molecule has 0 unspecified atom stereocenters. The van der Waals surface area contributed by atoms with Crippen LogP contribution in [0, 0.1) is 30.4 Å². The number of nitrogens with two attached hydrogens (primary N) is 1. The quantitative estimate of drug-likeness (QED) is 0.374. The number of aliphatic hydroxyl groups is 1. The molecule has 1 aliphatic carbocycles. The van der Waals surface area contributed by atoms with Crippen LogP contribution in [0.3, 0.4) is 0 Å². The summed E-state index contributed by atoms with van der Waals surface area (Å²) in [6, 6.07) is 7.05. The highest BCUT2D eigenvalue weighted by Crippen LogP contribution is 2.40. The Morgan fingerprint density at radius 3 is 2.40 bits per heavy atom. The molecular weight excluding hydrogens is 544 g/mol. The Morgan fingerprint density at radius 1 is 1.12 bits per heavy atom. The van der Waals surface area contributed by atoms with Gasteiger partial charge in [0.2, 0.25) is 0 Å². The topological polar surface area (TPSA) is 131 Å². The molecule has 1 saturated carbocycles. The Balaban J connectivity index is 0.000000340. The van der Waals surface area contributed by atoms with Crippen LogP contribution in [0.2, 0.25) is 0 Å². The second-order valence-electron chi connectivity index (χ2n) is 9.61. The fraction of sp³-hybridized carbons (Fsp3) is 0.355. The van der Waals surface area contributed by atoms with Crippen LogP contribution < -0.4 is 15.8 Å². The van der Waals surface area contributed by atoms with Crippen LogP contribution in [0.4, 0.5) is 20.3 Å². The number of rotatable bonds is 5. The van der Waals surface area contributed by atoms with E-state index in [0.29, 0.717) is 17.0 Å². The molecule has 1 saturated heterocycles. The van der Waals surface area contributed by atoms with Gasteiger partial charge in [-0.15, -0.1) is 0 Å². The maximum absolute atomic E-state index is 14.5. The van der Waals surface area contributed by atoms with Gasteiger partial charge in [0.25, 0.3) is 11.8 Å². The van der Waals surface area contributed by atoms with E-state index in [1.165, 1.54) is 37.7 Å². The van der Waals surface area contributed by atoms with Crippen molar-refractivity contribution in [3.05, 3.63) is 65.0 Å². The number of hydrogen-bond acceptors (Lipinski definition) is 7. The van der Waals surface area contributed by atoms with Crippen molar-refractivity contribution in [3.63, 3.8) is 0 Å². The number of aliphatic hydroxyl groups excluding tert-OH is 1. The highest BCUT2D eigenvalue weighted by Gasteiger charge is 2.25. The zero-order chi connectivity index (χ0) is 30.8. The van der Waals surface area contributed by atoms with Crippen molar-refractivity contribution < 1.29 is 28.2 Å². The molecule has 42 heavy (non-hydrogen) atoms. The molecule has 2 aromatic carbocycles. The number of ether oxygens (including phenoxy) is 1. The number of nitrogens with zero attached hydrogens (tertiary/aromatic N) is 3. The van der Waals surface area contributed by atoms with Crippen molar-refractivity contribution in [3.8, 4) is 28.8 Å². The van der Waals surface area contributed by atoms with Crippen molar-refractivity contribution >= 4 is 23.3 Å². The Hall–Kier alpha value is -4.56. The van der Waals surface area contributed by atoms with Gasteiger partial charge in [0.15, 0.2) is 11.6 Å². The molecule has 4 N–H and O–H groups in total. The number of anilines is 2. The highest BCUT2D eigenvalue weighted by atomic mass is 19.1. The van der Waals surface area contributed by atoms with Crippen LogP contribution in [-0.4, -0.2) is 59.1 Å². The molecule has 9 nitrogen and oxygen atoms in total. The SMILES string of the molecule is CC#CC(=O)N1CCCC1.CO.COc1c(N)ncnc1-c1cc(F)cc(NC(=O)c2ccc(C3CC3)cc2F)c1C. The Kier molecular flexibility index (Phi) is 11.3. The number of aromatic nitrogens is 2. The molecule has 0 radical (unpaired) electrons. The summed E-state index contributed by atoms with van der Waals surface area (Å²) >= 11 is 0. The van der Waals surface area contributed by atoms with Gasteiger partial charge in [-0.2, -0.15) is 0 Å². The number of nitrogen functional groups attached to an aromatic ring is 1. The molecule has 1 aromatic heterocycles. The van der Waals surface area contributed by atoms with E-state index in [4.69, 9.17) is 15.6 Å². The van der Waals surface area contributed by atoms with Crippen molar-refractivity contribution in [2.45, 2.75) is 45.4 Å². The summed E-state index contributed by atoms with van der Waals surface area (Å²) in [5, 5.41) is 9.60. The number of amides is 2. The Labute approximate surface area is 244 Å². The largest absolute Gasteiger partial charge is 0.491 e. The maximum atomic E-state index is 14.5. The van der Waals surface area contributed by atoms with Crippen LogP contribution in [0.5, 0.6) is 5.75 Å². The van der Waals surface area contributed by atoms with Crippen LogP contribution in [0.15, 0.2) is 36.7 Å². The number of nitrogens with one attached hydrogen (secondary N) is 1. The summed E-state index contributed by atoms with van der Waals surface area (Å²) in [6.07, 6.45) is 5.58. The van der Waals surface area contributed by atoms with Crippen molar-refractivity contribution in [1.82, 2.24) is 14.9 Å². The second-order valence-corrected chi connectivity index (χ2v) is 9.61. The molecule has 0 bridgehead atoms. The van der Waals surface area contributed by atoms with Crippen LogP contribution >= 0.6 is 0 Å². The number of methoxy groups -OCH3 is 1. The fourth-order valence-electron chi connectivity index (χ4n) is 4.52. The Bertz CT molecular complexity index is 1490. The fourth-order valence-corrected chi connectivity index (χ4v) is 4.52. The van der Waals surface area contributed by atoms with Crippen molar-refractivity contribution in [1.29, 1.82) is 0 Å². The lowest BCUT2D eigenvalue weighted by molar-refractivity contribution is -0.124. The van der Waals surface area contributed by atoms with E-state index >= 15 is 0 Å². The first-order valence-electron chi connectivity index (χ1n) is 13.5. The van der Waals surface area contributed by atoms with E-state index in [9.17, 15) is 18.4 Å². The summed E-state index contributed by atoms with van der Waals surface area (Å²) in [5.74, 6) is 3.93. The minimum Gasteiger partial charge on any atom is -0.491 e. The number of likely N-dealkylation sites (tertiary alicyclic amines) is 1. The molecule has 3 aromatic rings. The first-order chi connectivity index (χ1) is 20.2. The molecule has 5 rings (SSSR count). The van der Waals surface area contributed by atoms with E-state index in [-0.39, 0.29) is 34.4 Å². The molecule has 2 fully saturated rings. The van der Waals surface area contributed by atoms with Crippen molar-refractivity contribution in [2.75, 3.05) is 38.4 Å². The summed E-state index contributed by atoms with van der Waals surface area (Å²) < 4.78 is 34.1. The molecule has 0 spiro atoms. The van der Waals surface area contributed by atoms with Gasteiger partial charge >= 0.3 is 0 Å². The third kappa shape index (κ3) is 7.79. The van der Waals surface area contributed by atoms with Crippen LogP contribution in [-0.2, 0) is 4.79 Å². The number of hydrogen-bond donors (Lipinski definition) is 3. The zero-order valence-corrected chi connectivity index (χ0v) is 24.1. The predicted octanol–water partition coefficient (Wildman–Crippen LogP) is 4.69. The maximum Gasteiger partial charge on any atom is 0.298 e. The number of benzene rings is 2. The average Bonchev–Trinajstić information content (AvgIpc) is 3.69. The minimum atomic E-state index is -0.663. The Morgan fingerprint density at radius 2 is 1.81 bits per heavy atom. The number of carbonyl (C=O) groups is 2. The van der Waals surface area contributed by atoms with E-state index in [1.54, 1.807) is 24.8 Å². The molecule has 0 atom stereocenters. The number of carbonyl (C=O) groups excluding carboxylic acids is 2. The first-order valence-corrected chi connectivity index (χ1v) is 13.5. The monoisotopic (exact) mass is 579 g/mol. The zero-order valence-electron chi connectivity index (χ0n) is 24.1. The molecule has 2 heterocycles. The summed E-state index contributed by atoms with van der Waals surface area (Å²) in [4.78, 5) is 33.5. The second kappa shape index (κ2) is 14.9. The van der Waals surface area contributed by atoms with Gasteiger partial charge in [0.1, 0.15) is 23.7 Å². The predicted molar refractivity (Wildman–Crippen MR) is 157 cm³/mol. The first kappa shape index (κ1) is 32.0. The van der Waals surface area contributed by atoms with E-state index in [0.717, 1.165) is 51.4 Å². The van der Waals surface area contributed by atoms with Gasteiger partial charge in [-0.25, -0.2) is 18.7 Å². The molecular formula is C31H35F2N5O4. The highest BCUT2D eigenvalue weighted by molar-refractivity contribution is 6.05. The van der Waals surface area contributed by atoms with Gasteiger partial charge in [-0.1, -0.05) is 12.0 Å². The molecule has 11 heteroatoms. The molecule has 222 valence electrons. The number of halogens is 2. The van der Waals surface area contributed by atoms with Gasteiger partial charge in [-0.05, 0) is 86.8 Å². The van der Waals surface area contributed by atoms with Gasteiger partial charge in [0.05, 0.1) is 12.7 Å². The van der Waals surface area contributed by atoms with E-state index < -0.39 is 17.5 Å². The van der Waals surface area contributed by atoms with E-state index in [1.807, 2.05) is 0 Å². The summed E-state index contributed by atoms with van der Waals surface area (Å²) in [6.45, 7) is 5.17. The third-order valence-corrected chi connectivity index (χ3v) is 6.82. The van der Waals surface area contributed by atoms with Gasteiger partial charge in [0, 0.05) is 31.5 Å². The smallest absolute Gasteiger partial charge is 0.298 e. The lowest BCUT2D eigenvalue weighted by Crippen LogP contribution is -2.25.